The number of allylic oxidation sites excluding steroid dienone is 9. The quantitative estimate of drug-likeness (QED) is 0.217. The van der Waals surface area contributed by atoms with E-state index in [0.29, 0.717) is 44.1 Å². The van der Waals surface area contributed by atoms with Gasteiger partial charge in [0.15, 0.2) is 6.29 Å². The van der Waals surface area contributed by atoms with Gasteiger partial charge in [-0.25, -0.2) is 0 Å². The summed E-state index contributed by atoms with van der Waals surface area (Å²) in [5, 5.41) is 10.8. The highest BCUT2D eigenvalue weighted by Crippen LogP contribution is 2.38. The number of carbonyl (C=O) groups is 2. The van der Waals surface area contributed by atoms with Gasteiger partial charge in [-0.05, 0) is 101 Å². The molecule has 1 amide bonds. The van der Waals surface area contributed by atoms with Crippen LogP contribution in [0.3, 0.4) is 0 Å². The van der Waals surface area contributed by atoms with Crippen molar-refractivity contribution >= 4 is 11.9 Å². The lowest BCUT2D eigenvalue weighted by molar-refractivity contribution is -0.178. The summed E-state index contributed by atoms with van der Waals surface area (Å²) in [6, 6.07) is 0. The van der Waals surface area contributed by atoms with Crippen LogP contribution in [0.25, 0.3) is 0 Å². The number of ether oxygens (including phenoxy) is 2. The molecule has 2 fully saturated rings. The third kappa shape index (κ3) is 8.17. The summed E-state index contributed by atoms with van der Waals surface area (Å²) in [6.07, 6.45) is 18.9. The van der Waals surface area contributed by atoms with Gasteiger partial charge < -0.3 is 19.5 Å². The van der Waals surface area contributed by atoms with Gasteiger partial charge in [-0.1, -0.05) is 47.6 Å². The molecule has 4 rings (SSSR count). The highest BCUT2D eigenvalue weighted by Gasteiger charge is 2.33. The molecule has 0 radical (unpaired) electrons. The SMILES string of the molecule is C=CC1CC(=CC2=CC(=CC3=CC(=CC)CC(C(=O)OC(C)OCC)C3)CC(O)C2)CC(C(=O)N2CCCC2)C1. The lowest BCUT2D eigenvalue weighted by Gasteiger charge is -2.32. The van der Waals surface area contributed by atoms with Gasteiger partial charge in [-0.3, -0.25) is 9.59 Å². The van der Waals surface area contributed by atoms with E-state index in [1.165, 1.54) is 5.57 Å². The van der Waals surface area contributed by atoms with E-state index < -0.39 is 12.4 Å². The Labute approximate surface area is 240 Å². The lowest BCUT2D eigenvalue weighted by Crippen LogP contribution is -2.36. The summed E-state index contributed by atoms with van der Waals surface area (Å²) < 4.78 is 10.9. The molecule has 0 bridgehead atoms. The van der Waals surface area contributed by atoms with Gasteiger partial charge in [0.2, 0.25) is 5.91 Å². The smallest absolute Gasteiger partial charge is 0.311 e. The molecule has 5 atom stereocenters. The topological polar surface area (TPSA) is 76.1 Å². The number of aliphatic hydroxyl groups excluding tert-OH is 1. The molecule has 1 N–H and O–H groups in total. The normalized spacial score (nSPS) is 31.2. The number of aliphatic hydroxyl groups is 1. The Balaban J connectivity index is 1.51. The predicted molar refractivity (Wildman–Crippen MR) is 158 cm³/mol. The Morgan fingerprint density at radius 3 is 2.45 bits per heavy atom. The zero-order chi connectivity index (χ0) is 28.6. The molecular weight excluding hydrogens is 502 g/mol. The van der Waals surface area contributed by atoms with Gasteiger partial charge in [-0.2, -0.15) is 0 Å². The van der Waals surface area contributed by atoms with E-state index in [2.05, 4.69) is 30.9 Å². The average Bonchev–Trinajstić information content (AvgIpc) is 3.47. The van der Waals surface area contributed by atoms with Crippen LogP contribution in [0.2, 0.25) is 0 Å². The fourth-order valence-electron chi connectivity index (χ4n) is 6.62. The van der Waals surface area contributed by atoms with E-state index in [1.807, 2.05) is 30.9 Å². The van der Waals surface area contributed by atoms with Crippen molar-refractivity contribution in [3.8, 4) is 0 Å². The first-order chi connectivity index (χ1) is 19.3. The molecule has 0 aromatic heterocycles. The van der Waals surface area contributed by atoms with Gasteiger partial charge in [0.1, 0.15) is 0 Å². The average molecular weight is 550 g/mol. The van der Waals surface area contributed by atoms with Crippen molar-refractivity contribution in [2.24, 2.45) is 17.8 Å². The number of hydrogen-bond donors (Lipinski definition) is 1. The monoisotopic (exact) mass is 549 g/mol. The van der Waals surface area contributed by atoms with Gasteiger partial charge in [0, 0.05) is 25.6 Å². The fourth-order valence-corrected chi connectivity index (χ4v) is 6.62. The Morgan fingerprint density at radius 1 is 1.02 bits per heavy atom. The molecule has 5 unspecified atom stereocenters. The number of rotatable bonds is 8. The van der Waals surface area contributed by atoms with Crippen LogP contribution in [-0.4, -0.2) is 54.0 Å². The molecule has 0 spiro atoms. The summed E-state index contributed by atoms with van der Waals surface area (Å²) in [7, 11) is 0. The fraction of sp³-hybridized carbons (Fsp3) is 0.588. The maximum atomic E-state index is 13.2. The first-order valence-corrected chi connectivity index (χ1v) is 15.2. The molecule has 3 aliphatic carbocycles. The molecule has 1 saturated heterocycles. The van der Waals surface area contributed by atoms with Crippen LogP contribution in [0.15, 0.2) is 70.9 Å². The minimum absolute atomic E-state index is 0.0130. The third-order valence-corrected chi connectivity index (χ3v) is 8.52. The minimum atomic E-state index is -0.558. The van der Waals surface area contributed by atoms with Crippen LogP contribution in [0.1, 0.15) is 78.6 Å². The minimum Gasteiger partial charge on any atom is -0.436 e. The summed E-state index contributed by atoms with van der Waals surface area (Å²) >= 11 is 0. The number of nitrogens with zero attached hydrogens (tertiary/aromatic N) is 1. The van der Waals surface area contributed by atoms with E-state index in [-0.39, 0.29) is 17.8 Å². The maximum absolute atomic E-state index is 13.2. The first-order valence-electron chi connectivity index (χ1n) is 15.2. The van der Waals surface area contributed by atoms with Crippen LogP contribution < -0.4 is 0 Å². The zero-order valence-corrected chi connectivity index (χ0v) is 24.6. The zero-order valence-electron chi connectivity index (χ0n) is 24.6. The second-order valence-corrected chi connectivity index (χ2v) is 11.8. The van der Waals surface area contributed by atoms with Gasteiger partial charge in [-0.15, -0.1) is 6.58 Å². The van der Waals surface area contributed by atoms with E-state index in [4.69, 9.17) is 9.47 Å². The summed E-state index contributed by atoms with van der Waals surface area (Å²) in [5.74, 6) is 0.114. The Hall–Kier alpha value is -2.70. The van der Waals surface area contributed by atoms with Gasteiger partial charge >= 0.3 is 5.97 Å². The van der Waals surface area contributed by atoms with Crippen LogP contribution in [0.4, 0.5) is 0 Å². The lowest BCUT2D eigenvalue weighted by atomic mass is 9.76. The largest absolute Gasteiger partial charge is 0.436 e. The second kappa shape index (κ2) is 14.3. The van der Waals surface area contributed by atoms with Crippen molar-refractivity contribution in [1.29, 1.82) is 0 Å². The van der Waals surface area contributed by atoms with Crippen molar-refractivity contribution < 1.29 is 24.2 Å². The number of carbonyl (C=O) groups excluding carboxylic acids is 2. The standard InChI is InChI=1S/C34H47NO5/c1-5-24-12-26(19-30(17-24)33(37)35-10-8-9-11-35)14-28-16-29(22-32(36)21-28)15-27-13-25(6-2)18-31(20-27)34(38)40-23(4)39-7-3/h5-6,13-16,23-24,30-32,36H,1,7-12,17-22H2,2-4H3. The van der Waals surface area contributed by atoms with Crippen molar-refractivity contribution in [1.82, 2.24) is 4.90 Å². The maximum Gasteiger partial charge on any atom is 0.311 e. The predicted octanol–water partition coefficient (Wildman–Crippen LogP) is 6.35. The van der Waals surface area contributed by atoms with Crippen molar-refractivity contribution in [2.75, 3.05) is 19.7 Å². The first kappa shape index (κ1) is 30.3. The number of amides is 1. The molecule has 40 heavy (non-hydrogen) atoms. The van der Waals surface area contributed by atoms with E-state index >= 15 is 0 Å². The molecular formula is C34H47NO5. The summed E-state index contributed by atoms with van der Waals surface area (Å²) in [6.45, 7) is 11.9. The second-order valence-electron chi connectivity index (χ2n) is 11.8. The van der Waals surface area contributed by atoms with E-state index in [0.717, 1.165) is 67.5 Å². The van der Waals surface area contributed by atoms with Crippen LogP contribution in [-0.2, 0) is 19.1 Å². The summed E-state index contributed by atoms with van der Waals surface area (Å²) in [5.41, 5.74) is 5.61. The number of esters is 1. The Bertz CT molecular complexity index is 1100. The van der Waals surface area contributed by atoms with Crippen molar-refractivity contribution in [3.05, 3.63) is 70.9 Å². The molecule has 1 heterocycles. The Kier molecular flexibility index (Phi) is 10.8. The molecule has 6 heteroatoms. The molecule has 4 aliphatic rings. The molecule has 1 aliphatic heterocycles. The molecule has 0 aromatic rings. The van der Waals surface area contributed by atoms with Crippen molar-refractivity contribution in [3.63, 3.8) is 0 Å². The van der Waals surface area contributed by atoms with Crippen LogP contribution in [0, 0.1) is 17.8 Å². The van der Waals surface area contributed by atoms with Crippen LogP contribution in [0.5, 0.6) is 0 Å². The third-order valence-electron chi connectivity index (χ3n) is 8.52. The van der Waals surface area contributed by atoms with Crippen molar-refractivity contribution in [2.45, 2.75) is 91.0 Å². The molecule has 1 saturated carbocycles. The number of likely N-dealkylation sites (tertiary alicyclic amines) is 1. The highest BCUT2D eigenvalue weighted by atomic mass is 16.7. The highest BCUT2D eigenvalue weighted by molar-refractivity contribution is 5.79. The summed E-state index contributed by atoms with van der Waals surface area (Å²) in [4.78, 5) is 28.1. The van der Waals surface area contributed by atoms with E-state index in [1.54, 1.807) is 6.92 Å². The molecule has 218 valence electrons. The Morgan fingerprint density at radius 2 is 1.75 bits per heavy atom. The van der Waals surface area contributed by atoms with Crippen LogP contribution >= 0.6 is 0 Å². The molecule has 6 nitrogen and oxygen atoms in total. The molecule has 0 aromatic carbocycles. The van der Waals surface area contributed by atoms with Gasteiger partial charge in [0.25, 0.3) is 0 Å². The van der Waals surface area contributed by atoms with Gasteiger partial charge in [0.05, 0.1) is 12.0 Å². The van der Waals surface area contributed by atoms with E-state index in [9.17, 15) is 14.7 Å². The number of hydrogen-bond acceptors (Lipinski definition) is 5.